The van der Waals surface area contributed by atoms with Gasteiger partial charge >= 0.3 is 0 Å². The summed E-state index contributed by atoms with van der Waals surface area (Å²) >= 11 is 0. The summed E-state index contributed by atoms with van der Waals surface area (Å²) in [5.74, 6) is -0.0435. The van der Waals surface area contributed by atoms with Crippen LogP contribution in [0.5, 0.6) is 0 Å². The smallest absolute Gasteiger partial charge is 0.243 e. The molecule has 0 radical (unpaired) electrons. The average Bonchev–Trinajstić information content (AvgIpc) is 3.06. The minimum Gasteiger partial charge on any atom is -0.367 e. The van der Waals surface area contributed by atoms with Gasteiger partial charge in [-0.05, 0) is 85.9 Å². The Bertz CT molecular complexity index is 1620. The Morgan fingerprint density at radius 3 is 2.48 bits per heavy atom. The molecule has 3 aromatic rings. The van der Waals surface area contributed by atoms with E-state index in [4.69, 9.17) is 0 Å². The van der Waals surface area contributed by atoms with Gasteiger partial charge in [-0.25, -0.2) is 8.42 Å². The Balaban J connectivity index is 1.14. The maximum Gasteiger partial charge on any atom is 0.243 e. The fourth-order valence-electron chi connectivity index (χ4n) is 7.37. The van der Waals surface area contributed by atoms with Gasteiger partial charge in [0.2, 0.25) is 21.8 Å². The number of hydrogen-bond acceptors (Lipinski definition) is 5. The monoisotopic (exact) mass is 642 g/mol. The topological polar surface area (TPSA) is 98.8 Å². The summed E-state index contributed by atoms with van der Waals surface area (Å²) in [4.78, 5) is 29.0. The molecule has 6 rings (SSSR count). The van der Waals surface area contributed by atoms with Crippen LogP contribution in [-0.2, 0) is 32.6 Å². The van der Waals surface area contributed by atoms with E-state index >= 15 is 0 Å². The van der Waals surface area contributed by atoms with Crippen LogP contribution in [0, 0.1) is 12.8 Å². The van der Waals surface area contributed by atoms with Gasteiger partial charge in [-0.3, -0.25) is 9.59 Å². The molecule has 1 heterocycles. The number of carbonyl (C=O) groups is 2. The number of sulfonamides is 1. The number of hydrogen-bond donors (Lipinski definition) is 2. The number of amides is 2. The van der Waals surface area contributed by atoms with Gasteiger partial charge in [0.05, 0.1) is 17.4 Å². The van der Waals surface area contributed by atoms with Crippen molar-refractivity contribution >= 4 is 27.5 Å². The van der Waals surface area contributed by atoms with Crippen LogP contribution in [0.4, 0.5) is 5.69 Å². The third-order valence-electron chi connectivity index (χ3n) is 9.84. The minimum atomic E-state index is -3.94. The number of carbonyl (C=O) groups excluding carboxylic acids is 2. The first kappa shape index (κ1) is 32.3. The maximum absolute atomic E-state index is 13.5. The van der Waals surface area contributed by atoms with Crippen molar-refractivity contribution in [2.75, 3.05) is 24.5 Å². The molecular weight excluding hydrogens is 596 g/mol. The number of rotatable bonds is 10. The van der Waals surface area contributed by atoms with E-state index in [1.807, 2.05) is 6.92 Å². The fourth-order valence-corrected chi connectivity index (χ4v) is 8.96. The Morgan fingerprint density at radius 1 is 0.957 bits per heavy atom. The molecule has 1 saturated heterocycles. The molecule has 2 amide bonds. The normalized spacial score (nSPS) is 20.8. The number of aryl methyl sites for hydroxylation is 2. The van der Waals surface area contributed by atoms with E-state index in [1.165, 1.54) is 53.2 Å². The van der Waals surface area contributed by atoms with E-state index in [9.17, 15) is 18.0 Å². The zero-order chi connectivity index (χ0) is 32.1. The highest BCUT2D eigenvalue weighted by molar-refractivity contribution is 7.89. The van der Waals surface area contributed by atoms with E-state index in [0.717, 1.165) is 49.4 Å². The highest BCUT2D eigenvalue weighted by Gasteiger charge is 2.40. The Morgan fingerprint density at radius 2 is 1.72 bits per heavy atom. The van der Waals surface area contributed by atoms with Crippen LogP contribution >= 0.6 is 0 Å². The van der Waals surface area contributed by atoms with Gasteiger partial charge in [0.15, 0.2) is 0 Å². The number of piperazine rings is 1. The summed E-state index contributed by atoms with van der Waals surface area (Å²) < 4.78 is 28.2. The average molecular weight is 643 g/mol. The summed E-state index contributed by atoms with van der Waals surface area (Å²) in [6.07, 6.45) is 9.08. The lowest BCUT2D eigenvalue weighted by Gasteiger charge is -2.34. The molecule has 9 heteroatoms. The number of para-hydroxylation sites is 1. The molecule has 2 atom stereocenters. The highest BCUT2D eigenvalue weighted by atomic mass is 32.2. The first-order valence-corrected chi connectivity index (χ1v) is 18.3. The molecule has 244 valence electrons. The molecule has 0 bridgehead atoms. The third-order valence-corrected chi connectivity index (χ3v) is 11.8. The largest absolute Gasteiger partial charge is 0.367 e. The maximum atomic E-state index is 13.5. The van der Waals surface area contributed by atoms with E-state index in [2.05, 4.69) is 64.1 Å². The van der Waals surface area contributed by atoms with Crippen molar-refractivity contribution in [3.8, 4) is 0 Å². The molecule has 3 aliphatic rings. The molecule has 0 unspecified atom stereocenters. The van der Waals surface area contributed by atoms with Crippen LogP contribution in [0.1, 0.15) is 79.7 Å². The van der Waals surface area contributed by atoms with Gasteiger partial charge in [-0.2, -0.15) is 4.31 Å². The number of fused-ring (bicyclic) bond motifs is 1. The van der Waals surface area contributed by atoms with Crippen molar-refractivity contribution in [2.24, 2.45) is 5.92 Å². The van der Waals surface area contributed by atoms with Crippen LogP contribution in [0.2, 0.25) is 0 Å². The predicted octanol–water partition coefficient (Wildman–Crippen LogP) is 5.65. The summed E-state index contributed by atoms with van der Waals surface area (Å²) in [6, 6.07) is 22.6. The lowest BCUT2D eigenvalue weighted by molar-refractivity contribution is -0.132. The summed E-state index contributed by atoms with van der Waals surface area (Å²) in [5, 5.41) is 5.90. The standard InChI is InChI=1S/C37H46N4O4S/c1-27-15-18-32(19-16-27)46(44,45)41-22-21-38-37(43)35(41)24-36(42)39-34-14-8-11-30-23-29(17-20-33(30)34)26-40(31-12-6-3-7-13-31)25-28-9-4-2-5-10-28/h3,6-7,12-13,15-20,23,28,34-35H,2,4-5,8-11,14,21-22,24-26H2,1H3,(H,38,43)(H,39,42)/t34-,35-/m1/s1. The predicted molar refractivity (Wildman–Crippen MR) is 181 cm³/mol. The molecule has 1 saturated carbocycles. The molecule has 0 spiro atoms. The molecule has 0 aromatic heterocycles. The summed E-state index contributed by atoms with van der Waals surface area (Å²) in [6.45, 7) is 4.12. The van der Waals surface area contributed by atoms with E-state index in [0.29, 0.717) is 0 Å². The van der Waals surface area contributed by atoms with Crippen molar-refractivity contribution in [1.29, 1.82) is 0 Å². The number of nitrogens with one attached hydrogen (secondary N) is 2. The van der Waals surface area contributed by atoms with E-state index in [-0.39, 0.29) is 36.4 Å². The van der Waals surface area contributed by atoms with Crippen molar-refractivity contribution in [3.63, 3.8) is 0 Å². The van der Waals surface area contributed by atoms with Gasteiger partial charge in [0.25, 0.3) is 0 Å². The Kier molecular flexibility index (Phi) is 10.1. The lowest BCUT2D eigenvalue weighted by Crippen LogP contribution is -2.58. The molecule has 8 nitrogen and oxygen atoms in total. The van der Waals surface area contributed by atoms with E-state index < -0.39 is 22.0 Å². The summed E-state index contributed by atoms with van der Waals surface area (Å²) in [7, 11) is -3.94. The van der Waals surface area contributed by atoms with Crippen LogP contribution in [0.15, 0.2) is 77.7 Å². The molecule has 2 fully saturated rings. The third kappa shape index (κ3) is 7.47. The van der Waals surface area contributed by atoms with Gasteiger partial charge in [-0.15, -0.1) is 0 Å². The van der Waals surface area contributed by atoms with Crippen molar-refractivity contribution in [3.05, 3.63) is 95.1 Å². The lowest BCUT2D eigenvalue weighted by atomic mass is 9.86. The van der Waals surface area contributed by atoms with Gasteiger partial charge in [0, 0.05) is 31.9 Å². The molecule has 3 aromatic carbocycles. The minimum absolute atomic E-state index is 0.121. The quantitative estimate of drug-likeness (QED) is 0.298. The van der Waals surface area contributed by atoms with Crippen LogP contribution in [0.3, 0.4) is 0 Å². The second-order valence-electron chi connectivity index (χ2n) is 13.2. The van der Waals surface area contributed by atoms with Gasteiger partial charge in [-0.1, -0.05) is 73.4 Å². The SMILES string of the molecule is Cc1ccc(S(=O)(=O)N2CCNC(=O)[C@H]2CC(=O)N[C@@H]2CCCc3cc(CN(CC4CCCCC4)c4ccccc4)ccc32)cc1. The highest BCUT2D eigenvalue weighted by Crippen LogP contribution is 2.33. The Labute approximate surface area is 273 Å². The van der Waals surface area contributed by atoms with Crippen molar-refractivity contribution in [2.45, 2.75) is 88.2 Å². The van der Waals surface area contributed by atoms with Crippen LogP contribution < -0.4 is 15.5 Å². The molecule has 46 heavy (non-hydrogen) atoms. The van der Waals surface area contributed by atoms with Gasteiger partial charge in [0.1, 0.15) is 6.04 Å². The summed E-state index contributed by atoms with van der Waals surface area (Å²) in [5.41, 5.74) is 5.82. The second kappa shape index (κ2) is 14.4. The first-order chi connectivity index (χ1) is 22.3. The zero-order valence-electron chi connectivity index (χ0n) is 26.8. The first-order valence-electron chi connectivity index (χ1n) is 16.9. The molecule has 2 aliphatic carbocycles. The fraction of sp³-hybridized carbons (Fsp3) is 0.459. The number of anilines is 1. The zero-order valence-corrected chi connectivity index (χ0v) is 27.6. The van der Waals surface area contributed by atoms with Crippen LogP contribution in [0.25, 0.3) is 0 Å². The second-order valence-corrected chi connectivity index (χ2v) is 15.1. The molecular formula is C37H46N4O4S. The van der Waals surface area contributed by atoms with Crippen molar-refractivity contribution < 1.29 is 18.0 Å². The number of benzene rings is 3. The number of nitrogens with zero attached hydrogens (tertiary/aromatic N) is 2. The van der Waals surface area contributed by atoms with Gasteiger partial charge < -0.3 is 15.5 Å². The van der Waals surface area contributed by atoms with Crippen molar-refractivity contribution in [1.82, 2.24) is 14.9 Å². The van der Waals surface area contributed by atoms with E-state index in [1.54, 1.807) is 24.3 Å². The van der Waals surface area contributed by atoms with Crippen LogP contribution in [-0.4, -0.2) is 50.2 Å². The molecule has 1 aliphatic heterocycles. The Hall–Kier alpha value is -3.69. The molecule has 2 N–H and O–H groups in total.